The summed E-state index contributed by atoms with van der Waals surface area (Å²) in [5.74, 6) is 0.619. The molecule has 0 saturated heterocycles. The number of hydrogen-bond acceptors (Lipinski definition) is 4. The number of carbonyl (C=O) groups is 1. The maximum Gasteiger partial charge on any atom is 0.407 e. The summed E-state index contributed by atoms with van der Waals surface area (Å²) in [6.45, 7) is 18.6. The first-order chi connectivity index (χ1) is 15.8. The lowest BCUT2D eigenvalue weighted by molar-refractivity contribution is 0.0405. The van der Waals surface area contributed by atoms with Crippen LogP contribution < -0.4 is 10.6 Å². The minimum Gasteiger partial charge on any atom is -0.444 e. The number of benzene rings is 1. The second-order valence-corrected chi connectivity index (χ2v) is 17.3. The molecule has 1 amide bonds. The first-order valence-corrected chi connectivity index (χ1v) is 16.1. The van der Waals surface area contributed by atoms with Crippen molar-refractivity contribution in [2.45, 2.75) is 122 Å². The van der Waals surface area contributed by atoms with Crippen LogP contribution in [0.3, 0.4) is 0 Å². The van der Waals surface area contributed by atoms with Crippen molar-refractivity contribution in [3.05, 3.63) is 35.9 Å². The van der Waals surface area contributed by atoms with Gasteiger partial charge in [-0.2, -0.15) is 0 Å². The van der Waals surface area contributed by atoms with Crippen molar-refractivity contribution in [2.24, 2.45) is 5.92 Å². The molecular formula is C28H50N2O3Si. The number of carbonyl (C=O) groups excluding carboxylic acids is 1. The standard InChI is InChI=1S/C28H50N2O3Si/c1-27(2,3)32-26(31)30-24(19-22-15-11-9-12-16-22)25(33-34(7,8)28(4,5)6)21-29-20-23-17-13-10-14-18-23/h10,13-14,17-18,22,24-25,29H,9,11-12,15-16,19-21H2,1-8H3,(H,30,31)/t24-,25+/m0/s1. The molecule has 2 atom stereocenters. The van der Waals surface area contributed by atoms with E-state index in [4.69, 9.17) is 9.16 Å². The average molecular weight is 491 g/mol. The highest BCUT2D eigenvalue weighted by atomic mass is 28.4. The summed E-state index contributed by atoms with van der Waals surface area (Å²) < 4.78 is 12.6. The molecule has 1 saturated carbocycles. The Labute approximate surface area is 209 Å². The number of alkyl carbamates (subject to hydrolysis) is 1. The molecule has 0 aromatic heterocycles. The normalized spacial score (nSPS) is 17.8. The van der Waals surface area contributed by atoms with Crippen LogP contribution in [0.1, 0.15) is 85.6 Å². The van der Waals surface area contributed by atoms with E-state index >= 15 is 0 Å². The molecule has 0 spiro atoms. The van der Waals surface area contributed by atoms with E-state index < -0.39 is 13.9 Å². The number of rotatable bonds is 10. The van der Waals surface area contributed by atoms with E-state index in [9.17, 15) is 4.79 Å². The van der Waals surface area contributed by atoms with E-state index in [0.717, 1.165) is 13.0 Å². The lowest BCUT2D eigenvalue weighted by Crippen LogP contribution is -2.55. The van der Waals surface area contributed by atoms with Crippen LogP contribution in [0.15, 0.2) is 30.3 Å². The summed E-state index contributed by atoms with van der Waals surface area (Å²) >= 11 is 0. The number of ether oxygens (including phenoxy) is 1. The lowest BCUT2D eigenvalue weighted by atomic mass is 9.83. The van der Waals surface area contributed by atoms with Crippen molar-refractivity contribution >= 4 is 14.4 Å². The number of hydrogen-bond donors (Lipinski definition) is 2. The molecule has 2 rings (SSSR count). The highest BCUT2D eigenvalue weighted by Gasteiger charge is 2.41. The van der Waals surface area contributed by atoms with E-state index in [1.807, 2.05) is 26.8 Å². The fourth-order valence-corrected chi connectivity index (χ4v) is 5.68. The predicted octanol–water partition coefficient (Wildman–Crippen LogP) is 7.03. The largest absolute Gasteiger partial charge is 0.444 e. The van der Waals surface area contributed by atoms with Gasteiger partial charge in [-0.05, 0) is 56.8 Å². The number of amides is 1. The highest BCUT2D eigenvalue weighted by molar-refractivity contribution is 6.74. The molecule has 2 N–H and O–H groups in total. The molecule has 5 nitrogen and oxygen atoms in total. The summed E-state index contributed by atoms with van der Waals surface area (Å²) in [4.78, 5) is 12.9. The highest BCUT2D eigenvalue weighted by Crippen LogP contribution is 2.38. The van der Waals surface area contributed by atoms with Gasteiger partial charge >= 0.3 is 6.09 Å². The monoisotopic (exact) mass is 490 g/mol. The van der Waals surface area contributed by atoms with Crippen LogP contribution in [0.25, 0.3) is 0 Å². The third-order valence-corrected chi connectivity index (χ3v) is 11.7. The van der Waals surface area contributed by atoms with Crippen molar-refractivity contribution < 1.29 is 14.0 Å². The summed E-state index contributed by atoms with van der Waals surface area (Å²) in [5.41, 5.74) is 0.721. The Morgan fingerprint density at radius 2 is 1.65 bits per heavy atom. The summed E-state index contributed by atoms with van der Waals surface area (Å²) in [6, 6.07) is 10.4. The minimum absolute atomic E-state index is 0.0876. The maximum atomic E-state index is 12.9. The molecule has 0 aliphatic heterocycles. The molecule has 0 unspecified atom stereocenters. The van der Waals surface area contributed by atoms with Gasteiger partial charge in [0.15, 0.2) is 8.32 Å². The molecule has 0 bridgehead atoms. The van der Waals surface area contributed by atoms with Crippen molar-refractivity contribution in [3.63, 3.8) is 0 Å². The van der Waals surface area contributed by atoms with Crippen LogP contribution >= 0.6 is 0 Å². The molecule has 6 heteroatoms. The molecule has 1 aromatic carbocycles. The van der Waals surface area contributed by atoms with Crippen LogP contribution in [0, 0.1) is 5.92 Å². The van der Waals surface area contributed by atoms with Crippen molar-refractivity contribution in [1.82, 2.24) is 10.6 Å². The van der Waals surface area contributed by atoms with Crippen LogP contribution in [0.5, 0.6) is 0 Å². The van der Waals surface area contributed by atoms with E-state index in [0.29, 0.717) is 12.5 Å². The quantitative estimate of drug-likeness (QED) is 0.346. The van der Waals surface area contributed by atoms with E-state index in [-0.39, 0.29) is 23.3 Å². The van der Waals surface area contributed by atoms with Gasteiger partial charge in [0, 0.05) is 13.1 Å². The molecule has 34 heavy (non-hydrogen) atoms. The molecular weight excluding hydrogens is 440 g/mol. The van der Waals surface area contributed by atoms with Gasteiger partial charge in [0.2, 0.25) is 0 Å². The number of nitrogens with one attached hydrogen (secondary N) is 2. The third-order valence-electron chi connectivity index (χ3n) is 7.23. The van der Waals surface area contributed by atoms with E-state index in [1.54, 1.807) is 0 Å². The first-order valence-electron chi connectivity index (χ1n) is 13.2. The van der Waals surface area contributed by atoms with E-state index in [2.05, 4.69) is 68.8 Å². The van der Waals surface area contributed by atoms with Gasteiger partial charge in [0.05, 0.1) is 12.1 Å². The molecule has 0 heterocycles. The second kappa shape index (κ2) is 12.5. The Bertz CT molecular complexity index is 734. The van der Waals surface area contributed by atoms with Gasteiger partial charge < -0.3 is 19.8 Å². The minimum atomic E-state index is -2.06. The summed E-state index contributed by atoms with van der Waals surface area (Å²) in [6.07, 6.45) is 6.83. The zero-order chi connectivity index (χ0) is 25.4. The topological polar surface area (TPSA) is 59.6 Å². The molecule has 1 aliphatic carbocycles. The summed E-state index contributed by atoms with van der Waals surface area (Å²) in [7, 11) is -2.06. The van der Waals surface area contributed by atoms with Crippen molar-refractivity contribution in [2.75, 3.05) is 6.54 Å². The van der Waals surface area contributed by atoms with Gasteiger partial charge in [-0.15, -0.1) is 0 Å². The lowest BCUT2D eigenvalue weighted by Gasteiger charge is -2.42. The maximum absolute atomic E-state index is 12.9. The van der Waals surface area contributed by atoms with Crippen LogP contribution in [0.2, 0.25) is 18.1 Å². The van der Waals surface area contributed by atoms with Crippen LogP contribution in [0.4, 0.5) is 4.79 Å². The molecule has 0 radical (unpaired) electrons. The van der Waals surface area contributed by atoms with E-state index in [1.165, 1.54) is 37.7 Å². The Morgan fingerprint density at radius 1 is 1.03 bits per heavy atom. The first kappa shape index (κ1) is 28.9. The Balaban J connectivity index is 2.22. The average Bonchev–Trinajstić information content (AvgIpc) is 2.72. The summed E-state index contributed by atoms with van der Waals surface area (Å²) in [5, 5.41) is 6.95. The SMILES string of the molecule is CC(C)(C)OC(=O)N[C@@H](CC1CCCCC1)[C@@H](CNCc1ccccc1)O[Si](C)(C)C(C)(C)C. The molecule has 194 valence electrons. The molecule has 1 aromatic rings. The second-order valence-electron chi connectivity index (χ2n) is 12.5. The predicted molar refractivity (Wildman–Crippen MR) is 145 cm³/mol. The fourth-order valence-electron chi connectivity index (χ4n) is 4.32. The molecule has 1 fully saturated rings. The molecule has 1 aliphatic rings. The smallest absolute Gasteiger partial charge is 0.407 e. The van der Waals surface area contributed by atoms with Crippen LogP contribution in [-0.4, -0.2) is 38.7 Å². The van der Waals surface area contributed by atoms with Gasteiger partial charge in [0.25, 0.3) is 0 Å². The van der Waals surface area contributed by atoms with Crippen molar-refractivity contribution in [3.8, 4) is 0 Å². The zero-order valence-corrected chi connectivity index (χ0v) is 24.0. The van der Waals surface area contributed by atoms with Gasteiger partial charge in [0.1, 0.15) is 5.60 Å². The van der Waals surface area contributed by atoms with Gasteiger partial charge in [-0.3, -0.25) is 0 Å². The van der Waals surface area contributed by atoms with Crippen molar-refractivity contribution in [1.29, 1.82) is 0 Å². The fraction of sp³-hybridized carbons (Fsp3) is 0.750. The van der Waals surface area contributed by atoms with Gasteiger partial charge in [-0.25, -0.2) is 4.79 Å². The zero-order valence-electron chi connectivity index (χ0n) is 23.0. The third kappa shape index (κ3) is 10.1. The van der Waals surface area contributed by atoms with Gasteiger partial charge in [-0.1, -0.05) is 83.2 Å². The Hall–Kier alpha value is -1.37. The van der Waals surface area contributed by atoms with Crippen LogP contribution in [-0.2, 0) is 15.7 Å². The Kier molecular flexibility index (Phi) is 10.6. The Morgan fingerprint density at radius 3 is 2.21 bits per heavy atom.